The van der Waals surface area contributed by atoms with Crippen molar-refractivity contribution in [2.45, 2.75) is 6.36 Å². The van der Waals surface area contributed by atoms with Gasteiger partial charge >= 0.3 is 6.36 Å². The lowest BCUT2D eigenvalue weighted by molar-refractivity contribution is -0.276. The van der Waals surface area contributed by atoms with Gasteiger partial charge in [0.2, 0.25) is 5.88 Å². The Balaban J connectivity index is 3.02. The highest BCUT2D eigenvalue weighted by atomic mass is 127. The van der Waals surface area contributed by atoms with E-state index in [4.69, 9.17) is 0 Å². The van der Waals surface area contributed by atoms with Crippen molar-refractivity contribution < 1.29 is 22.3 Å². The van der Waals surface area contributed by atoms with Crippen LogP contribution in [0, 0.1) is 13.1 Å². The number of hydrogen-bond acceptors (Lipinski definition) is 2. The largest absolute Gasteiger partial charge is 0.574 e. The molecular weight excluding hydrogens is 432 g/mol. The first-order valence-corrected chi connectivity index (χ1v) is 5.22. The molecule has 1 rings (SSSR count). The van der Waals surface area contributed by atoms with Gasteiger partial charge in [-0.05, 0) is 45.2 Å². The lowest BCUT2D eigenvalue weighted by atomic mass is 10.5. The Morgan fingerprint density at radius 2 is 1.86 bits per heavy atom. The summed E-state index contributed by atoms with van der Waals surface area (Å²) in [6.45, 7) is 0. The van der Waals surface area contributed by atoms with E-state index in [0.29, 0.717) is 0 Å². The maximum atomic E-state index is 12.9. The van der Waals surface area contributed by atoms with Crippen molar-refractivity contribution in [1.82, 2.24) is 4.98 Å². The van der Waals surface area contributed by atoms with Crippen LogP contribution in [0.3, 0.4) is 0 Å². The summed E-state index contributed by atoms with van der Waals surface area (Å²) in [6.07, 6.45) is -4.81. The van der Waals surface area contributed by atoms with Crippen LogP contribution < -0.4 is 4.74 Å². The predicted molar refractivity (Wildman–Crippen MR) is 56.3 cm³/mol. The van der Waals surface area contributed by atoms with Gasteiger partial charge in [-0.25, -0.2) is 9.37 Å². The normalized spacial score (nSPS) is 11.6. The molecule has 0 bridgehead atoms. The monoisotopic (exact) mass is 433 g/mol. The van der Waals surface area contributed by atoms with E-state index in [9.17, 15) is 17.6 Å². The second-order valence-electron chi connectivity index (χ2n) is 2.09. The summed E-state index contributed by atoms with van der Waals surface area (Å²) in [7, 11) is 0. The number of nitrogens with zero attached hydrogens (tertiary/aromatic N) is 1. The molecule has 0 fully saturated rings. The topological polar surface area (TPSA) is 22.1 Å². The van der Waals surface area contributed by atoms with Crippen molar-refractivity contribution in [3.05, 3.63) is 19.2 Å². The molecule has 0 spiro atoms. The molecule has 1 aromatic rings. The molecule has 0 unspecified atom stereocenters. The minimum atomic E-state index is -4.81. The van der Waals surface area contributed by atoms with Crippen molar-refractivity contribution in [3.63, 3.8) is 0 Å². The molecule has 2 nitrogen and oxygen atoms in total. The number of pyridine rings is 1. The molecule has 0 saturated carbocycles. The van der Waals surface area contributed by atoms with Crippen LogP contribution in [0.4, 0.5) is 17.6 Å². The second kappa shape index (κ2) is 4.33. The minimum absolute atomic E-state index is 0.0289. The fourth-order valence-corrected chi connectivity index (χ4v) is 2.19. The van der Waals surface area contributed by atoms with Crippen LogP contribution in [-0.4, -0.2) is 11.3 Å². The highest BCUT2D eigenvalue weighted by Crippen LogP contribution is 2.25. The van der Waals surface area contributed by atoms with E-state index in [1.807, 2.05) is 0 Å². The van der Waals surface area contributed by atoms with E-state index in [2.05, 4.69) is 9.72 Å². The van der Waals surface area contributed by atoms with Gasteiger partial charge in [-0.1, -0.05) is 0 Å². The summed E-state index contributed by atoms with van der Waals surface area (Å²) in [5.41, 5.74) is 0. The van der Waals surface area contributed by atoms with Crippen LogP contribution in [0.15, 0.2) is 6.07 Å². The third-order valence-electron chi connectivity index (χ3n) is 1.07. The van der Waals surface area contributed by atoms with Gasteiger partial charge in [0, 0.05) is 6.07 Å². The molecule has 0 atom stereocenters. The van der Waals surface area contributed by atoms with E-state index in [0.717, 1.165) is 6.07 Å². The SMILES string of the molecule is Fc1c(I)cc(OC(F)(F)F)nc1I. The van der Waals surface area contributed by atoms with Crippen LogP contribution in [0.25, 0.3) is 0 Å². The number of ether oxygens (including phenoxy) is 1. The molecule has 1 heterocycles. The van der Waals surface area contributed by atoms with Gasteiger partial charge in [0.15, 0.2) is 5.82 Å². The first-order chi connectivity index (χ1) is 6.29. The summed E-state index contributed by atoms with van der Waals surface area (Å²) >= 11 is 3.05. The summed E-state index contributed by atoms with van der Waals surface area (Å²) in [5.74, 6) is -1.31. The second-order valence-corrected chi connectivity index (χ2v) is 4.28. The van der Waals surface area contributed by atoms with Crippen LogP contribution in [0.2, 0.25) is 0 Å². The van der Waals surface area contributed by atoms with Gasteiger partial charge in [-0.2, -0.15) is 0 Å². The average molecular weight is 433 g/mol. The van der Waals surface area contributed by atoms with Crippen LogP contribution in [-0.2, 0) is 0 Å². The quantitative estimate of drug-likeness (QED) is 0.386. The Hall–Kier alpha value is 0.130. The fourth-order valence-electron chi connectivity index (χ4n) is 0.619. The molecule has 0 aliphatic rings. The average Bonchev–Trinajstić information content (AvgIpc) is 1.96. The molecule has 8 heteroatoms. The highest BCUT2D eigenvalue weighted by molar-refractivity contribution is 14.1. The molecule has 78 valence electrons. The van der Waals surface area contributed by atoms with Gasteiger partial charge in [-0.3, -0.25) is 0 Å². The number of hydrogen-bond donors (Lipinski definition) is 0. The van der Waals surface area contributed by atoms with Gasteiger partial charge < -0.3 is 4.74 Å². The van der Waals surface area contributed by atoms with Crippen LogP contribution in [0.1, 0.15) is 0 Å². The van der Waals surface area contributed by atoms with Gasteiger partial charge in [0.25, 0.3) is 0 Å². The van der Waals surface area contributed by atoms with E-state index < -0.39 is 18.1 Å². The fraction of sp³-hybridized carbons (Fsp3) is 0.167. The highest BCUT2D eigenvalue weighted by Gasteiger charge is 2.32. The van der Waals surface area contributed by atoms with Crippen molar-refractivity contribution >= 4 is 45.2 Å². The molecule has 0 saturated heterocycles. The van der Waals surface area contributed by atoms with E-state index in [1.54, 1.807) is 22.6 Å². The van der Waals surface area contributed by atoms with Crippen molar-refractivity contribution in [2.75, 3.05) is 0 Å². The van der Waals surface area contributed by atoms with Crippen LogP contribution in [0.5, 0.6) is 5.88 Å². The van der Waals surface area contributed by atoms with Gasteiger partial charge in [-0.15, -0.1) is 13.2 Å². The molecule has 14 heavy (non-hydrogen) atoms. The zero-order valence-corrected chi connectivity index (χ0v) is 10.5. The van der Waals surface area contributed by atoms with Crippen molar-refractivity contribution in [3.8, 4) is 5.88 Å². The number of rotatable bonds is 1. The molecule has 0 radical (unpaired) electrons. The molecule has 0 aromatic carbocycles. The number of halogens is 6. The summed E-state index contributed by atoms with van der Waals surface area (Å²) in [5, 5.41) is 0. The standard InChI is InChI=1S/C6HF4I2NO/c7-4-2(11)1-3(13-5(4)12)14-6(8,9)10/h1H. The zero-order valence-electron chi connectivity index (χ0n) is 6.20. The Kier molecular flexibility index (Phi) is 3.77. The first kappa shape index (κ1) is 12.2. The van der Waals surface area contributed by atoms with E-state index in [1.165, 1.54) is 22.6 Å². The molecule has 1 aromatic heterocycles. The molecule has 0 N–H and O–H groups in total. The Morgan fingerprint density at radius 1 is 1.29 bits per heavy atom. The van der Waals surface area contributed by atoms with Crippen LogP contribution >= 0.6 is 45.2 Å². The van der Waals surface area contributed by atoms with Gasteiger partial charge in [0.1, 0.15) is 3.70 Å². The Morgan fingerprint density at radius 3 is 2.29 bits per heavy atom. The zero-order chi connectivity index (χ0) is 10.9. The maximum Gasteiger partial charge on any atom is 0.574 e. The Bertz CT molecular complexity index is 331. The van der Waals surface area contributed by atoms with Crippen molar-refractivity contribution in [1.29, 1.82) is 0 Å². The third kappa shape index (κ3) is 3.37. The maximum absolute atomic E-state index is 12.9. The first-order valence-electron chi connectivity index (χ1n) is 3.07. The Labute approximate surface area is 103 Å². The van der Waals surface area contributed by atoms with E-state index in [-0.39, 0.29) is 7.27 Å². The molecule has 0 amide bonds. The predicted octanol–water partition coefficient (Wildman–Crippen LogP) is 3.33. The smallest absolute Gasteiger partial charge is 0.388 e. The van der Waals surface area contributed by atoms with Gasteiger partial charge in [0.05, 0.1) is 3.57 Å². The summed E-state index contributed by atoms with van der Waals surface area (Å²) in [4.78, 5) is 3.28. The molecular formula is C6HF4I2NO. The lowest BCUT2D eigenvalue weighted by Crippen LogP contribution is -2.18. The lowest BCUT2D eigenvalue weighted by Gasteiger charge is -2.08. The third-order valence-corrected chi connectivity index (χ3v) is 2.57. The van der Waals surface area contributed by atoms with Crippen molar-refractivity contribution in [2.24, 2.45) is 0 Å². The molecule has 0 aliphatic carbocycles. The summed E-state index contributed by atoms with van der Waals surface area (Å²) < 4.78 is 51.6. The number of aromatic nitrogens is 1. The number of alkyl halides is 3. The summed E-state index contributed by atoms with van der Waals surface area (Å²) in [6, 6.07) is 0.881. The van der Waals surface area contributed by atoms with E-state index >= 15 is 0 Å². The minimum Gasteiger partial charge on any atom is -0.388 e. The molecule has 0 aliphatic heterocycles.